The number of likely N-dealkylation sites (tertiary alicyclic amines) is 1. The quantitative estimate of drug-likeness (QED) is 0.169. The molecule has 0 spiro atoms. The third-order valence-corrected chi connectivity index (χ3v) is 14.2. The summed E-state index contributed by atoms with van der Waals surface area (Å²) >= 11 is 13.2. The minimum absolute atomic E-state index is 0.00178. The summed E-state index contributed by atoms with van der Waals surface area (Å²) in [6, 6.07) is 15.8. The molecule has 6 atom stereocenters. The molecule has 6 fully saturated rings. The summed E-state index contributed by atoms with van der Waals surface area (Å²) in [5.41, 5.74) is 5.32. The molecule has 288 valence electrons. The van der Waals surface area contributed by atoms with Gasteiger partial charge in [0.15, 0.2) is 5.82 Å². The van der Waals surface area contributed by atoms with Crippen LogP contribution in [0.1, 0.15) is 81.0 Å². The Balaban J connectivity index is 1.19. The van der Waals surface area contributed by atoms with Crippen molar-refractivity contribution in [3.8, 4) is 17.2 Å². The Labute approximate surface area is 335 Å². The van der Waals surface area contributed by atoms with Crippen LogP contribution < -0.4 is 15.8 Å². The molecule has 4 bridgehead atoms. The first-order valence-electron chi connectivity index (χ1n) is 20.0. The number of nitrogens with zero attached hydrogens (tertiary/aromatic N) is 6. The summed E-state index contributed by atoms with van der Waals surface area (Å²) in [5.74, 6) is 0.307. The molecule has 4 saturated heterocycles. The summed E-state index contributed by atoms with van der Waals surface area (Å²) in [5, 5.41) is 15.6. The molecule has 2 saturated carbocycles. The second-order valence-electron chi connectivity index (χ2n) is 17.0. The van der Waals surface area contributed by atoms with Crippen molar-refractivity contribution >= 4 is 56.6 Å². The van der Waals surface area contributed by atoms with Crippen LogP contribution in [0, 0.1) is 41.8 Å². The molecule has 11 rings (SSSR count). The molecule has 1 N–H and O–H groups in total. The summed E-state index contributed by atoms with van der Waals surface area (Å²) < 4.78 is 21.6. The van der Waals surface area contributed by atoms with Crippen LogP contribution in [0.5, 0.6) is 0 Å². The van der Waals surface area contributed by atoms with Crippen LogP contribution in [0.15, 0.2) is 53.5 Å². The Morgan fingerprint density at radius 1 is 1.09 bits per heavy atom. The highest BCUT2D eigenvalue weighted by Crippen LogP contribution is 2.54. The summed E-state index contributed by atoms with van der Waals surface area (Å²) in [6.45, 7) is 8.25. The largest absolute Gasteiger partial charge is 0.369 e. The van der Waals surface area contributed by atoms with Gasteiger partial charge in [-0.3, -0.25) is 9.59 Å². The van der Waals surface area contributed by atoms with Gasteiger partial charge < -0.3 is 24.3 Å². The Kier molecular flexibility index (Phi) is 8.55. The third kappa shape index (κ3) is 5.44. The zero-order chi connectivity index (χ0) is 38.7. The van der Waals surface area contributed by atoms with Gasteiger partial charge >= 0.3 is 0 Å². The van der Waals surface area contributed by atoms with Crippen molar-refractivity contribution in [3.05, 3.63) is 91.8 Å². The van der Waals surface area contributed by atoms with Crippen LogP contribution in [0.25, 0.3) is 32.9 Å². The number of hydrogen-bond acceptors (Lipinski definition) is 6. The van der Waals surface area contributed by atoms with Crippen molar-refractivity contribution in [2.24, 2.45) is 17.8 Å². The number of benzene rings is 2. The number of hydrogen-bond donors (Lipinski definition) is 1. The second kappa shape index (κ2) is 13.3. The number of aromatic nitrogens is 3. The van der Waals surface area contributed by atoms with E-state index in [4.69, 9.17) is 28.2 Å². The van der Waals surface area contributed by atoms with Gasteiger partial charge in [-0.15, -0.1) is 0 Å². The lowest BCUT2D eigenvalue weighted by molar-refractivity contribution is -0.135. The zero-order valence-corrected chi connectivity index (χ0v) is 33.2. The van der Waals surface area contributed by atoms with E-state index >= 15 is 4.39 Å². The van der Waals surface area contributed by atoms with E-state index < -0.39 is 5.82 Å². The number of rotatable bonds is 8. The van der Waals surface area contributed by atoms with Crippen molar-refractivity contribution in [3.63, 3.8) is 0 Å². The maximum atomic E-state index is 17.4. The predicted octanol–water partition coefficient (Wildman–Crippen LogP) is 8.53. The van der Waals surface area contributed by atoms with Crippen LogP contribution in [0.4, 0.5) is 10.1 Å². The van der Waals surface area contributed by atoms with Gasteiger partial charge in [-0.2, -0.15) is 5.26 Å². The lowest BCUT2D eigenvalue weighted by Crippen LogP contribution is -2.45. The van der Waals surface area contributed by atoms with Gasteiger partial charge in [-0.05, 0) is 88.6 Å². The van der Waals surface area contributed by atoms with Gasteiger partial charge in [0.25, 0.3) is 5.56 Å². The highest BCUT2D eigenvalue weighted by Gasteiger charge is 2.55. The van der Waals surface area contributed by atoms with E-state index in [2.05, 4.69) is 31.8 Å². The molecule has 0 radical (unpaired) electrons. The van der Waals surface area contributed by atoms with Gasteiger partial charge in [0.2, 0.25) is 5.91 Å². The van der Waals surface area contributed by atoms with Crippen LogP contribution in [-0.2, 0) is 11.2 Å². The summed E-state index contributed by atoms with van der Waals surface area (Å²) in [6.07, 6.45) is 6.19. The summed E-state index contributed by atoms with van der Waals surface area (Å²) in [4.78, 5) is 37.1. The molecular weight excluding hydrogens is 748 g/mol. The molecule has 6 aliphatic rings. The van der Waals surface area contributed by atoms with Crippen molar-refractivity contribution in [1.29, 1.82) is 5.26 Å². The van der Waals surface area contributed by atoms with E-state index in [0.29, 0.717) is 58.2 Å². The molecule has 1 amide bonds. The molecule has 9 nitrogen and oxygen atoms in total. The maximum absolute atomic E-state index is 17.4. The van der Waals surface area contributed by atoms with Crippen LogP contribution in [0.3, 0.4) is 0 Å². The maximum Gasteiger partial charge on any atom is 0.252 e. The Hall–Kier alpha value is -4.43. The molecule has 56 heavy (non-hydrogen) atoms. The highest BCUT2D eigenvalue weighted by atomic mass is 35.5. The van der Waals surface area contributed by atoms with Crippen molar-refractivity contribution in [2.75, 3.05) is 24.5 Å². The molecule has 0 unspecified atom stereocenters. The molecule has 7 heterocycles. The number of piperidine rings is 1. The number of aryl methyl sites for hydroxylation is 2. The first-order valence-corrected chi connectivity index (χ1v) is 20.8. The lowest BCUT2D eigenvalue weighted by atomic mass is 9.79. The van der Waals surface area contributed by atoms with Crippen LogP contribution in [-0.4, -0.2) is 56.6 Å². The average Bonchev–Trinajstić information content (AvgIpc) is 3.46. The van der Waals surface area contributed by atoms with E-state index in [9.17, 15) is 14.9 Å². The topological polar surface area (TPSA) is 99.2 Å². The van der Waals surface area contributed by atoms with Gasteiger partial charge in [0, 0.05) is 101 Å². The monoisotopic (exact) mass is 791 g/mol. The second-order valence-corrected chi connectivity index (χ2v) is 17.8. The van der Waals surface area contributed by atoms with Gasteiger partial charge in [-0.25, -0.2) is 9.37 Å². The Bertz CT molecular complexity index is 2560. The third-order valence-electron chi connectivity index (χ3n) is 13.4. The van der Waals surface area contributed by atoms with Crippen LogP contribution in [0.2, 0.25) is 10.0 Å². The fourth-order valence-corrected chi connectivity index (χ4v) is 11.0. The van der Waals surface area contributed by atoms with Crippen LogP contribution >= 0.6 is 23.2 Å². The molecule has 2 aliphatic carbocycles. The van der Waals surface area contributed by atoms with E-state index in [1.807, 2.05) is 39.1 Å². The number of carbonyl (C=O) groups is 1. The normalized spacial score (nSPS) is 25.4. The minimum atomic E-state index is -0.481. The van der Waals surface area contributed by atoms with E-state index in [-0.39, 0.29) is 70.5 Å². The molecule has 3 aromatic heterocycles. The van der Waals surface area contributed by atoms with Gasteiger partial charge in [0.05, 0.1) is 39.8 Å². The smallest absolute Gasteiger partial charge is 0.252 e. The number of amides is 1. The Morgan fingerprint density at radius 2 is 1.91 bits per heavy atom. The fraction of sp³-hybridized carbons (Fsp3) is 0.455. The molecular formula is C44H44Cl2FN7O2. The number of carbonyl (C=O) groups excluding carboxylic acids is 1. The number of nitriles is 1. The standard InChI is InChI=1S/C44H44Cl2FN7O2/c1-22(2)52-13-11-28(17-36(52)55)51-20-27-14-29(21-51)53(44(56)24-9-10-24)42(27)35-18-31-23(3)50-40-32(43(31)54(35)41-26-16-34(41)49-19-26)15-25(6-5-12-48)37(39(40)47)30-7-4-8-33(45)38(30)46/h4,7-8,11,13,15,17-18,22,24,26-27,29,34,41-42,49H,5-6,9-10,14,16,19-21H2,1-3H3/t26-,27+,29-,34-,41+,42-/m1/s1. The highest BCUT2D eigenvalue weighted by molar-refractivity contribution is 6.43. The summed E-state index contributed by atoms with van der Waals surface area (Å²) in [7, 11) is 0. The zero-order valence-electron chi connectivity index (χ0n) is 31.7. The van der Waals surface area contributed by atoms with E-state index in [1.165, 1.54) is 0 Å². The predicted molar refractivity (Wildman–Crippen MR) is 218 cm³/mol. The molecule has 5 aromatic rings. The number of pyridine rings is 2. The number of anilines is 1. The molecule has 4 aliphatic heterocycles. The van der Waals surface area contributed by atoms with Crippen molar-refractivity contribution in [2.45, 2.75) is 89.5 Å². The number of halogens is 3. The van der Waals surface area contributed by atoms with Gasteiger partial charge in [-0.1, -0.05) is 35.3 Å². The lowest BCUT2D eigenvalue weighted by Gasteiger charge is -2.40. The molecule has 12 heteroatoms. The first kappa shape index (κ1) is 35.9. The SMILES string of the molecule is Cc1nc2c(F)c(-c3cccc(Cl)c3Cl)c(CCC#N)cc2c2c1cc([C@H]1[C@H]3C[C@H](CN(c4ccn(C(C)C)c(=O)c4)C3)N1C(=O)C1CC1)n2[C@H]1[C@H]2CN[C@@H]1C2. The number of fused-ring (bicyclic) bond motifs is 6. The fourth-order valence-electron chi connectivity index (χ4n) is 10.6. The van der Waals surface area contributed by atoms with Gasteiger partial charge in [0.1, 0.15) is 5.52 Å². The first-order chi connectivity index (χ1) is 27.0. The van der Waals surface area contributed by atoms with Crippen molar-refractivity contribution < 1.29 is 9.18 Å². The van der Waals surface area contributed by atoms with Crippen molar-refractivity contribution in [1.82, 2.24) is 24.3 Å². The minimum Gasteiger partial charge on any atom is -0.369 e. The average molecular weight is 793 g/mol. The van der Waals surface area contributed by atoms with E-state index in [1.54, 1.807) is 28.8 Å². The molecule has 2 aromatic carbocycles. The Morgan fingerprint density at radius 3 is 2.61 bits per heavy atom. The number of nitrogens with one attached hydrogen (secondary N) is 1. The van der Waals surface area contributed by atoms with E-state index in [0.717, 1.165) is 54.5 Å².